The minimum atomic E-state index is -0.966. The van der Waals surface area contributed by atoms with Crippen LogP contribution in [-0.4, -0.2) is 24.3 Å². The number of hydrogen-bond acceptors (Lipinski definition) is 3. The molecule has 0 aliphatic carbocycles. The third-order valence-electron chi connectivity index (χ3n) is 2.90. The maximum absolute atomic E-state index is 10.6. The standard InChI is InChI=1S/C17H24O4/c1-3-5-11-20-15-9-7-14(8-10-17(18)19)13-16(15)21-12-6-4-2/h7-10,13H,3-6,11-12H2,1-2H3,(H,18,19). The fraction of sp³-hybridized carbons (Fsp3) is 0.471. The lowest BCUT2D eigenvalue weighted by molar-refractivity contribution is -0.131. The Hall–Kier alpha value is -1.97. The number of carboxylic acids is 1. The number of aliphatic carboxylic acids is 1. The number of rotatable bonds is 10. The van der Waals surface area contributed by atoms with Gasteiger partial charge in [0.1, 0.15) is 0 Å². The number of hydrogen-bond donors (Lipinski definition) is 1. The van der Waals surface area contributed by atoms with E-state index in [9.17, 15) is 4.79 Å². The predicted octanol–water partition coefficient (Wildman–Crippen LogP) is 4.14. The highest BCUT2D eigenvalue weighted by Crippen LogP contribution is 2.29. The Morgan fingerprint density at radius 1 is 1.10 bits per heavy atom. The molecule has 0 aliphatic rings. The molecule has 21 heavy (non-hydrogen) atoms. The Kier molecular flexibility index (Phi) is 8.02. The molecule has 0 radical (unpaired) electrons. The van der Waals surface area contributed by atoms with Crippen molar-refractivity contribution in [3.63, 3.8) is 0 Å². The van der Waals surface area contributed by atoms with Crippen LogP contribution in [0.1, 0.15) is 45.1 Å². The molecule has 1 aromatic rings. The third-order valence-corrected chi connectivity index (χ3v) is 2.90. The number of benzene rings is 1. The average molecular weight is 292 g/mol. The van der Waals surface area contributed by atoms with E-state index in [-0.39, 0.29) is 0 Å². The van der Waals surface area contributed by atoms with E-state index in [0.717, 1.165) is 37.3 Å². The molecule has 0 fully saturated rings. The van der Waals surface area contributed by atoms with Crippen molar-refractivity contribution in [2.75, 3.05) is 13.2 Å². The number of carboxylic acid groups (broad SMARTS) is 1. The van der Waals surface area contributed by atoms with Crippen LogP contribution in [0.2, 0.25) is 0 Å². The normalized spacial score (nSPS) is 10.8. The average Bonchev–Trinajstić information content (AvgIpc) is 2.47. The molecule has 0 unspecified atom stereocenters. The molecule has 4 nitrogen and oxygen atoms in total. The van der Waals surface area contributed by atoms with Gasteiger partial charge in [0.2, 0.25) is 0 Å². The second kappa shape index (κ2) is 9.86. The van der Waals surface area contributed by atoms with E-state index in [1.165, 1.54) is 0 Å². The lowest BCUT2D eigenvalue weighted by Crippen LogP contribution is -2.02. The zero-order valence-electron chi connectivity index (χ0n) is 12.8. The SMILES string of the molecule is CCCCOc1ccc(C=CC(=O)O)cc1OCCCC. The molecular weight excluding hydrogens is 268 g/mol. The van der Waals surface area contributed by atoms with Crippen LogP contribution in [0.3, 0.4) is 0 Å². The summed E-state index contributed by atoms with van der Waals surface area (Å²) in [6, 6.07) is 5.47. The highest BCUT2D eigenvalue weighted by molar-refractivity contribution is 5.85. The summed E-state index contributed by atoms with van der Waals surface area (Å²) in [5.74, 6) is 0.422. The summed E-state index contributed by atoms with van der Waals surface area (Å²) in [6.07, 6.45) is 6.77. The van der Waals surface area contributed by atoms with Crippen LogP contribution in [-0.2, 0) is 4.79 Å². The molecule has 1 rings (SSSR count). The lowest BCUT2D eigenvalue weighted by atomic mass is 10.2. The maximum atomic E-state index is 10.6. The Labute approximate surface area is 126 Å². The van der Waals surface area contributed by atoms with Gasteiger partial charge in [0.15, 0.2) is 11.5 Å². The first-order valence-electron chi connectivity index (χ1n) is 7.48. The molecule has 0 spiro atoms. The number of carbonyl (C=O) groups is 1. The largest absolute Gasteiger partial charge is 0.490 e. The molecule has 0 saturated heterocycles. The summed E-state index contributed by atoms with van der Waals surface area (Å²) in [7, 11) is 0. The quantitative estimate of drug-likeness (QED) is 0.520. The van der Waals surface area contributed by atoms with Crippen molar-refractivity contribution in [3.8, 4) is 11.5 Å². The fourth-order valence-electron chi connectivity index (χ4n) is 1.68. The van der Waals surface area contributed by atoms with Gasteiger partial charge in [-0.2, -0.15) is 0 Å². The van der Waals surface area contributed by atoms with Crippen LogP contribution in [0.25, 0.3) is 6.08 Å². The van der Waals surface area contributed by atoms with E-state index in [1.54, 1.807) is 6.08 Å². The summed E-state index contributed by atoms with van der Waals surface area (Å²) in [4.78, 5) is 10.6. The van der Waals surface area contributed by atoms with E-state index in [2.05, 4.69) is 13.8 Å². The fourth-order valence-corrected chi connectivity index (χ4v) is 1.68. The van der Waals surface area contributed by atoms with Crippen LogP contribution in [0.15, 0.2) is 24.3 Å². The molecule has 0 bridgehead atoms. The first-order chi connectivity index (χ1) is 10.2. The van der Waals surface area contributed by atoms with Crippen molar-refractivity contribution in [1.29, 1.82) is 0 Å². The first kappa shape index (κ1) is 17.1. The van der Waals surface area contributed by atoms with Gasteiger partial charge in [0.25, 0.3) is 0 Å². The first-order valence-corrected chi connectivity index (χ1v) is 7.48. The molecule has 0 amide bonds. The molecule has 0 saturated carbocycles. The van der Waals surface area contributed by atoms with E-state index in [4.69, 9.17) is 14.6 Å². The van der Waals surface area contributed by atoms with Gasteiger partial charge in [0, 0.05) is 6.08 Å². The molecule has 0 aliphatic heterocycles. The summed E-state index contributed by atoms with van der Waals surface area (Å²) in [6.45, 7) is 5.51. The van der Waals surface area contributed by atoms with Gasteiger partial charge in [0.05, 0.1) is 13.2 Å². The van der Waals surface area contributed by atoms with Crippen LogP contribution >= 0.6 is 0 Å². The smallest absolute Gasteiger partial charge is 0.328 e. The molecule has 4 heteroatoms. The zero-order chi connectivity index (χ0) is 15.5. The van der Waals surface area contributed by atoms with Gasteiger partial charge >= 0.3 is 5.97 Å². The van der Waals surface area contributed by atoms with Crippen LogP contribution in [0.5, 0.6) is 11.5 Å². The van der Waals surface area contributed by atoms with Crippen molar-refractivity contribution in [1.82, 2.24) is 0 Å². The topological polar surface area (TPSA) is 55.8 Å². The van der Waals surface area contributed by atoms with E-state index < -0.39 is 5.97 Å². The van der Waals surface area contributed by atoms with Crippen molar-refractivity contribution in [2.45, 2.75) is 39.5 Å². The van der Waals surface area contributed by atoms with Crippen molar-refractivity contribution in [3.05, 3.63) is 29.8 Å². The summed E-state index contributed by atoms with van der Waals surface area (Å²) in [5, 5.41) is 8.67. The van der Waals surface area contributed by atoms with Crippen molar-refractivity contribution in [2.24, 2.45) is 0 Å². The van der Waals surface area contributed by atoms with E-state index in [0.29, 0.717) is 24.7 Å². The molecule has 0 aromatic heterocycles. The highest BCUT2D eigenvalue weighted by atomic mass is 16.5. The second-order valence-electron chi connectivity index (χ2n) is 4.78. The highest BCUT2D eigenvalue weighted by Gasteiger charge is 2.06. The minimum absolute atomic E-state index is 0.632. The summed E-state index contributed by atoms with van der Waals surface area (Å²) >= 11 is 0. The molecule has 116 valence electrons. The van der Waals surface area contributed by atoms with Gasteiger partial charge < -0.3 is 14.6 Å². The van der Waals surface area contributed by atoms with Crippen LogP contribution in [0, 0.1) is 0 Å². The van der Waals surface area contributed by atoms with Gasteiger partial charge in [-0.15, -0.1) is 0 Å². The minimum Gasteiger partial charge on any atom is -0.490 e. The lowest BCUT2D eigenvalue weighted by Gasteiger charge is -2.13. The summed E-state index contributed by atoms with van der Waals surface area (Å²) in [5.41, 5.74) is 0.784. The van der Waals surface area contributed by atoms with Crippen LogP contribution < -0.4 is 9.47 Å². The number of unbranched alkanes of at least 4 members (excludes halogenated alkanes) is 2. The van der Waals surface area contributed by atoms with Gasteiger partial charge in [-0.05, 0) is 36.6 Å². The second-order valence-corrected chi connectivity index (χ2v) is 4.78. The monoisotopic (exact) mass is 292 g/mol. The maximum Gasteiger partial charge on any atom is 0.328 e. The van der Waals surface area contributed by atoms with Gasteiger partial charge in [-0.3, -0.25) is 0 Å². The van der Waals surface area contributed by atoms with Gasteiger partial charge in [-0.1, -0.05) is 32.8 Å². The third kappa shape index (κ3) is 6.84. The molecule has 1 aromatic carbocycles. The van der Waals surface area contributed by atoms with Crippen molar-refractivity contribution < 1.29 is 19.4 Å². The Bertz CT molecular complexity index is 466. The number of ether oxygens (including phenoxy) is 2. The molecule has 1 N–H and O–H groups in total. The van der Waals surface area contributed by atoms with E-state index in [1.807, 2.05) is 18.2 Å². The van der Waals surface area contributed by atoms with E-state index >= 15 is 0 Å². The summed E-state index contributed by atoms with van der Waals surface area (Å²) < 4.78 is 11.5. The Morgan fingerprint density at radius 2 is 1.71 bits per heavy atom. The molecule has 0 atom stereocenters. The predicted molar refractivity (Wildman–Crippen MR) is 83.9 cm³/mol. The molecule has 0 heterocycles. The van der Waals surface area contributed by atoms with Gasteiger partial charge in [-0.25, -0.2) is 4.79 Å². The van der Waals surface area contributed by atoms with Crippen molar-refractivity contribution >= 4 is 12.0 Å². The Morgan fingerprint density at radius 3 is 2.29 bits per heavy atom. The zero-order valence-corrected chi connectivity index (χ0v) is 12.8. The molecular formula is C17H24O4. The Balaban J connectivity index is 2.82. The van der Waals surface area contributed by atoms with Crippen LogP contribution in [0.4, 0.5) is 0 Å².